The second kappa shape index (κ2) is 5.16. The second-order valence-electron chi connectivity index (χ2n) is 3.44. The van der Waals surface area contributed by atoms with Gasteiger partial charge < -0.3 is 5.73 Å². The van der Waals surface area contributed by atoms with E-state index in [4.69, 9.17) is 5.73 Å². The van der Waals surface area contributed by atoms with Gasteiger partial charge in [-0.25, -0.2) is 0 Å². The summed E-state index contributed by atoms with van der Waals surface area (Å²) in [5.41, 5.74) is 7.34. The molecule has 0 amide bonds. The van der Waals surface area contributed by atoms with Crippen LogP contribution in [0.5, 0.6) is 0 Å². The van der Waals surface area contributed by atoms with Gasteiger partial charge >= 0.3 is 6.18 Å². The lowest BCUT2D eigenvalue weighted by molar-refractivity contribution is -0.135. The van der Waals surface area contributed by atoms with E-state index < -0.39 is 12.6 Å². The summed E-state index contributed by atoms with van der Waals surface area (Å²) in [4.78, 5) is 0. The van der Waals surface area contributed by atoms with Gasteiger partial charge in [0.25, 0.3) is 0 Å². The molecule has 84 valence electrons. The van der Waals surface area contributed by atoms with Gasteiger partial charge in [0, 0.05) is 13.0 Å². The van der Waals surface area contributed by atoms with Crippen molar-refractivity contribution in [1.82, 2.24) is 0 Å². The van der Waals surface area contributed by atoms with Gasteiger partial charge in [-0.3, -0.25) is 0 Å². The van der Waals surface area contributed by atoms with Crippen LogP contribution in [0.2, 0.25) is 0 Å². The zero-order valence-corrected chi connectivity index (χ0v) is 8.35. The topological polar surface area (TPSA) is 26.0 Å². The Morgan fingerprint density at radius 2 is 1.67 bits per heavy atom. The summed E-state index contributed by atoms with van der Waals surface area (Å²) >= 11 is 0. The molecule has 15 heavy (non-hydrogen) atoms. The van der Waals surface area contributed by atoms with Crippen molar-refractivity contribution < 1.29 is 13.2 Å². The van der Waals surface area contributed by atoms with E-state index >= 15 is 0 Å². The van der Waals surface area contributed by atoms with Crippen molar-refractivity contribution in [2.24, 2.45) is 5.73 Å². The molecule has 0 saturated carbocycles. The zero-order chi connectivity index (χ0) is 11.3. The van der Waals surface area contributed by atoms with Crippen LogP contribution in [0, 0.1) is 0 Å². The van der Waals surface area contributed by atoms with Gasteiger partial charge in [0.15, 0.2) is 0 Å². The first-order valence-corrected chi connectivity index (χ1v) is 4.86. The largest absolute Gasteiger partial charge is 0.389 e. The Morgan fingerprint density at radius 1 is 1.07 bits per heavy atom. The van der Waals surface area contributed by atoms with Gasteiger partial charge in [-0.1, -0.05) is 24.3 Å². The lowest BCUT2D eigenvalue weighted by atomic mass is 10.0. The molecule has 0 unspecified atom stereocenters. The Hall–Kier alpha value is -1.03. The molecule has 0 aliphatic heterocycles. The number of hydrogen-bond donors (Lipinski definition) is 1. The number of benzene rings is 1. The van der Waals surface area contributed by atoms with Crippen molar-refractivity contribution in [3.63, 3.8) is 0 Å². The molecule has 0 aromatic heterocycles. The van der Waals surface area contributed by atoms with Crippen LogP contribution >= 0.6 is 0 Å². The van der Waals surface area contributed by atoms with Gasteiger partial charge in [-0.05, 0) is 24.0 Å². The fourth-order valence-corrected chi connectivity index (χ4v) is 1.48. The Labute approximate surface area is 87.1 Å². The van der Waals surface area contributed by atoms with Gasteiger partial charge in [0.05, 0.1) is 0 Å². The maximum atomic E-state index is 11.9. The van der Waals surface area contributed by atoms with Crippen LogP contribution in [0.15, 0.2) is 24.3 Å². The summed E-state index contributed by atoms with van der Waals surface area (Å²) < 4.78 is 35.7. The number of alkyl halides is 3. The van der Waals surface area contributed by atoms with Crippen molar-refractivity contribution in [2.75, 3.05) is 0 Å². The van der Waals surface area contributed by atoms with Crippen molar-refractivity contribution in [2.45, 2.75) is 32.0 Å². The third-order valence-electron chi connectivity index (χ3n) is 2.24. The number of aryl methyl sites for hydroxylation is 1. The molecular weight excluding hydrogens is 203 g/mol. The summed E-state index contributed by atoms with van der Waals surface area (Å²) in [7, 11) is 0. The highest BCUT2D eigenvalue weighted by molar-refractivity contribution is 5.26. The van der Waals surface area contributed by atoms with E-state index in [1.807, 2.05) is 24.3 Å². The first-order chi connectivity index (χ1) is 7.03. The predicted octanol–water partition coefficient (Wildman–Crippen LogP) is 3.03. The molecule has 0 aliphatic rings. The molecule has 0 atom stereocenters. The molecule has 1 nitrogen and oxygen atoms in total. The van der Waals surface area contributed by atoms with Crippen LogP contribution < -0.4 is 5.73 Å². The molecule has 0 heterocycles. The minimum absolute atomic E-state index is 0.126. The minimum Gasteiger partial charge on any atom is -0.326 e. The smallest absolute Gasteiger partial charge is 0.326 e. The van der Waals surface area contributed by atoms with Crippen LogP contribution in [0.3, 0.4) is 0 Å². The van der Waals surface area contributed by atoms with Crippen LogP contribution in [0.25, 0.3) is 0 Å². The van der Waals surface area contributed by atoms with E-state index in [0.29, 0.717) is 13.0 Å². The first kappa shape index (κ1) is 12.0. The highest BCUT2D eigenvalue weighted by Gasteiger charge is 2.25. The van der Waals surface area contributed by atoms with E-state index in [9.17, 15) is 13.2 Å². The second-order valence-corrected chi connectivity index (χ2v) is 3.44. The van der Waals surface area contributed by atoms with E-state index in [1.54, 1.807) is 0 Å². The highest BCUT2D eigenvalue weighted by atomic mass is 19.4. The van der Waals surface area contributed by atoms with E-state index in [-0.39, 0.29) is 6.42 Å². The molecule has 1 aromatic rings. The van der Waals surface area contributed by atoms with Crippen LogP contribution in [0.4, 0.5) is 13.2 Å². The Bertz CT molecular complexity index is 307. The lowest BCUT2D eigenvalue weighted by Gasteiger charge is -2.08. The van der Waals surface area contributed by atoms with Crippen molar-refractivity contribution in [3.05, 3.63) is 35.4 Å². The Balaban J connectivity index is 2.50. The van der Waals surface area contributed by atoms with Gasteiger partial charge in [-0.2, -0.15) is 13.2 Å². The average molecular weight is 217 g/mol. The van der Waals surface area contributed by atoms with Crippen LogP contribution in [-0.4, -0.2) is 6.18 Å². The molecule has 4 heteroatoms. The fourth-order valence-electron chi connectivity index (χ4n) is 1.48. The normalized spacial score (nSPS) is 11.7. The quantitative estimate of drug-likeness (QED) is 0.824. The lowest BCUT2D eigenvalue weighted by Crippen LogP contribution is -2.08. The maximum absolute atomic E-state index is 11.9. The maximum Gasteiger partial charge on any atom is 0.389 e. The Kier molecular flexibility index (Phi) is 4.15. The Morgan fingerprint density at radius 3 is 2.20 bits per heavy atom. The van der Waals surface area contributed by atoms with Crippen LogP contribution in [-0.2, 0) is 13.0 Å². The molecule has 0 bridgehead atoms. The van der Waals surface area contributed by atoms with E-state index in [0.717, 1.165) is 11.1 Å². The zero-order valence-electron chi connectivity index (χ0n) is 8.35. The molecule has 0 saturated heterocycles. The summed E-state index contributed by atoms with van der Waals surface area (Å²) in [5, 5.41) is 0. The number of nitrogens with two attached hydrogens (primary N) is 1. The number of hydrogen-bond acceptors (Lipinski definition) is 1. The first-order valence-electron chi connectivity index (χ1n) is 4.86. The molecule has 1 aromatic carbocycles. The van der Waals surface area contributed by atoms with Crippen molar-refractivity contribution >= 4 is 0 Å². The molecule has 2 N–H and O–H groups in total. The van der Waals surface area contributed by atoms with Crippen LogP contribution in [0.1, 0.15) is 24.0 Å². The molecule has 1 rings (SSSR count). The van der Waals surface area contributed by atoms with Crippen molar-refractivity contribution in [1.29, 1.82) is 0 Å². The van der Waals surface area contributed by atoms with Crippen molar-refractivity contribution in [3.8, 4) is 0 Å². The van der Waals surface area contributed by atoms with Gasteiger partial charge in [0.1, 0.15) is 0 Å². The molecule has 0 fully saturated rings. The summed E-state index contributed by atoms with van der Waals surface area (Å²) in [6.07, 6.45) is -4.23. The fraction of sp³-hybridized carbons (Fsp3) is 0.455. The number of rotatable bonds is 4. The SMILES string of the molecule is NCc1ccccc1CCCC(F)(F)F. The van der Waals surface area contributed by atoms with E-state index in [2.05, 4.69) is 0 Å². The molecule has 0 radical (unpaired) electrons. The summed E-state index contributed by atoms with van der Waals surface area (Å²) in [6.45, 7) is 0.377. The number of halogens is 3. The third kappa shape index (κ3) is 4.34. The average Bonchev–Trinajstić information content (AvgIpc) is 2.16. The predicted molar refractivity (Wildman–Crippen MR) is 53.3 cm³/mol. The van der Waals surface area contributed by atoms with Gasteiger partial charge in [-0.15, -0.1) is 0 Å². The molecule has 0 spiro atoms. The summed E-state index contributed by atoms with van der Waals surface area (Å²) in [6, 6.07) is 7.35. The molecule has 0 aliphatic carbocycles. The summed E-state index contributed by atoms with van der Waals surface area (Å²) in [5.74, 6) is 0. The monoisotopic (exact) mass is 217 g/mol. The van der Waals surface area contributed by atoms with E-state index in [1.165, 1.54) is 0 Å². The third-order valence-corrected chi connectivity index (χ3v) is 2.24. The highest BCUT2D eigenvalue weighted by Crippen LogP contribution is 2.23. The standard InChI is InChI=1S/C11H14F3N/c12-11(13,14)7-3-6-9-4-1-2-5-10(9)8-15/h1-2,4-5H,3,6-8,15H2. The van der Waals surface area contributed by atoms with Gasteiger partial charge in [0.2, 0.25) is 0 Å². The molecular formula is C11H14F3N. The minimum atomic E-state index is -4.06.